The lowest BCUT2D eigenvalue weighted by Gasteiger charge is -2.24. The minimum absolute atomic E-state index is 0.00185. The molecule has 0 aliphatic carbocycles. The Balaban J connectivity index is 1.31. The molecular formula is C28H20ClF3N4O3S. The standard InChI is InChI=1S/C28H20ClF3N4O3S/c29-21-13-33-36-9-8-28(31,32)24-20(23(21)36)12-22(40-24)25(37)34-17(11-15-4-3-5-16(30)10-15)14-35-26(38)18-6-1-2-7-19(18)27(35)39/h1-7,10,12-13,17H,8-9,11,14H2,(H,34,37). The van der Waals surface area contributed by atoms with Gasteiger partial charge in [-0.05, 0) is 42.3 Å². The quantitative estimate of drug-likeness (QED) is 0.302. The summed E-state index contributed by atoms with van der Waals surface area (Å²) in [6.45, 7) is -0.234. The van der Waals surface area contributed by atoms with Crippen LogP contribution in [0.25, 0.3) is 11.3 Å². The normalized spacial score (nSPS) is 16.2. The van der Waals surface area contributed by atoms with E-state index in [4.69, 9.17) is 11.6 Å². The lowest BCUT2D eigenvalue weighted by atomic mass is 10.0. The van der Waals surface area contributed by atoms with Gasteiger partial charge >= 0.3 is 0 Å². The molecule has 12 heteroatoms. The molecule has 2 aliphatic rings. The van der Waals surface area contributed by atoms with Crippen LogP contribution >= 0.6 is 22.9 Å². The lowest BCUT2D eigenvalue weighted by molar-refractivity contribution is -0.0122. The van der Waals surface area contributed by atoms with Crippen molar-refractivity contribution < 1.29 is 27.6 Å². The molecule has 1 unspecified atom stereocenters. The van der Waals surface area contributed by atoms with Crippen molar-refractivity contribution in [1.29, 1.82) is 0 Å². The van der Waals surface area contributed by atoms with Gasteiger partial charge < -0.3 is 5.32 Å². The van der Waals surface area contributed by atoms with E-state index in [1.54, 1.807) is 30.3 Å². The molecule has 7 nitrogen and oxygen atoms in total. The van der Waals surface area contributed by atoms with Crippen molar-refractivity contribution in [2.75, 3.05) is 6.54 Å². The molecule has 40 heavy (non-hydrogen) atoms. The molecule has 0 fully saturated rings. The van der Waals surface area contributed by atoms with E-state index in [0.29, 0.717) is 22.6 Å². The first kappa shape index (κ1) is 26.3. The molecule has 4 aromatic rings. The highest BCUT2D eigenvalue weighted by molar-refractivity contribution is 7.14. The zero-order chi connectivity index (χ0) is 28.2. The van der Waals surface area contributed by atoms with Gasteiger partial charge in [-0.15, -0.1) is 11.3 Å². The molecule has 4 heterocycles. The van der Waals surface area contributed by atoms with Gasteiger partial charge in [-0.25, -0.2) is 13.2 Å². The number of amides is 3. The Morgan fingerprint density at radius 1 is 1.07 bits per heavy atom. The second kappa shape index (κ2) is 9.90. The number of carbonyl (C=O) groups excluding carboxylic acids is 3. The molecule has 2 aromatic heterocycles. The first-order chi connectivity index (χ1) is 19.1. The van der Waals surface area contributed by atoms with E-state index in [9.17, 15) is 18.8 Å². The number of thiophene rings is 1. The molecule has 6 rings (SSSR count). The summed E-state index contributed by atoms with van der Waals surface area (Å²) in [5.74, 6) is -5.38. The average Bonchev–Trinajstić information content (AvgIpc) is 3.57. The zero-order valence-corrected chi connectivity index (χ0v) is 22.2. The minimum atomic E-state index is -3.20. The third-order valence-electron chi connectivity index (χ3n) is 6.96. The molecule has 204 valence electrons. The van der Waals surface area contributed by atoms with Crippen LogP contribution in [0.4, 0.5) is 13.2 Å². The smallest absolute Gasteiger partial charge is 0.284 e. The number of fused-ring (bicyclic) bond motifs is 4. The maximum absolute atomic E-state index is 15.1. The van der Waals surface area contributed by atoms with E-state index >= 15 is 8.78 Å². The fourth-order valence-corrected chi connectivity index (χ4v) is 6.41. The summed E-state index contributed by atoms with van der Waals surface area (Å²) in [6.07, 6.45) is 0.948. The number of halogens is 4. The van der Waals surface area contributed by atoms with Gasteiger partial charge in [-0.2, -0.15) is 5.10 Å². The van der Waals surface area contributed by atoms with E-state index in [1.165, 1.54) is 35.1 Å². The highest BCUT2D eigenvalue weighted by atomic mass is 35.5. The predicted molar refractivity (Wildman–Crippen MR) is 142 cm³/mol. The van der Waals surface area contributed by atoms with Crippen LogP contribution in [0.5, 0.6) is 0 Å². The predicted octanol–water partition coefficient (Wildman–Crippen LogP) is 5.54. The van der Waals surface area contributed by atoms with E-state index in [2.05, 4.69) is 10.4 Å². The number of rotatable bonds is 6. The lowest BCUT2D eigenvalue weighted by Crippen LogP contribution is -2.46. The maximum Gasteiger partial charge on any atom is 0.284 e. The third-order valence-corrected chi connectivity index (χ3v) is 8.49. The monoisotopic (exact) mass is 584 g/mol. The minimum Gasteiger partial charge on any atom is -0.346 e. The number of benzene rings is 2. The van der Waals surface area contributed by atoms with E-state index in [-0.39, 0.29) is 51.0 Å². The average molecular weight is 585 g/mol. The molecule has 0 saturated carbocycles. The molecule has 3 amide bonds. The summed E-state index contributed by atoms with van der Waals surface area (Å²) in [7, 11) is 0. The Hall–Kier alpha value is -3.96. The van der Waals surface area contributed by atoms with Gasteiger partial charge in [0.1, 0.15) is 5.82 Å². The van der Waals surface area contributed by atoms with Crippen molar-refractivity contribution in [3.8, 4) is 11.3 Å². The van der Waals surface area contributed by atoms with Gasteiger partial charge in [0.25, 0.3) is 23.6 Å². The number of carbonyl (C=O) groups is 3. The van der Waals surface area contributed by atoms with Crippen LogP contribution < -0.4 is 5.32 Å². The number of hydrogen-bond acceptors (Lipinski definition) is 5. The molecular weight excluding hydrogens is 565 g/mol. The van der Waals surface area contributed by atoms with Crippen molar-refractivity contribution in [2.24, 2.45) is 0 Å². The molecule has 0 saturated heterocycles. The van der Waals surface area contributed by atoms with Gasteiger partial charge in [0.2, 0.25) is 0 Å². The van der Waals surface area contributed by atoms with Gasteiger partial charge in [-0.3, -0.25) is 24.0 Å². The SMILES string of the molecule is O=C(NC(Cc1cccc(F)c1)CN1C(=O)c2ccccc2C1=O)c1cc2c(s1)C(F)(F)CCn1ncc(Cl)c1-2. The van der Waals surface area contributed by atoms with Crippen LogP contribution in [0.15, 0.2) is 60.8 Å². The van der Waals surface area contributed by atoms with Crippen molar-refractivity contribution in [3.63, 3.8) is 0 Å². The summed E-state index contributed by atoms with van der Waals surface area (Å²) in [5.41, 5.74) is 1.46. The summed E-state index contributed by atoms with van der Waals surface area (Å²) in [5, 5.41) is 7.06. The van der Waals surface area contributed by atoms with Gasteiger partial charge in [-0.1, -0.05) is 35.9 Å². The fraction of sp³-hybridized carbons (Fsp3) is 0.214. The number of nitrogens with zero attached hydrogens (tertiary/aromatic N) is 3. The fourth-order valence-electron chi connectivity index (χ4n) is 5.10. The number of nitrogens with one attached hydrogen (secondary N) is 1. The Morgan fingerprint density at radius 2 is 1.80 bits per heavy atom. The molecule has 0 radical (unpaired) electrons. The van der Waals surface area contributed by atoms with Crippen molar-refractivity contribution in [2.45, 2.75) is 31.4 Å². The zero-order valence-electron chi connectivity index (χ0n) is 20.7. The largest absolute Gasteiger partial charge is 0.346 e. The van der Waals surface area contributed by atoms with Crippen LogP contribution in [0.1, 0.15) is 47.2 Å². The van der Waals surface area contributed by atoms with Crippen LogP contribution in [-0.2, 0) is 18.9 Å². The van der Waals surface area contributed by atoms with Crippen LogP contribution in [0.2, 0.25) is 5.02 Å². The first-order valence-electron chi connectivity index (χ1n) is 12.4. The van der Waals surface area contributed by atoms with Crippen LogP contribution in [0, 0.1) is 5.82 Å². The number of alkyl halides is 2. The van der Waals surface area contributed by atoms with Crippen molar-refractivity contribution in [3.05, 3.63) is 98.1 Å². The number of imide groups is 1. The molecule has 2 aliphatic heterocycles. The third kappa shape index (κ3) is 4.58. The van der Waals surface area contributed by atoms with E-state index < -0.39 is 41.9 Å². The maximum atomic E-state index is 15.1. The highest BCUT2D eigenvalue weighted by Crippen LogP contribution is 2.47. The number of hydrogen-bond donors (Lipinski definition) is 1. The number of aryl methyl sites for hydroxylation is 1. The Labute approximate surface area is 235 Å². The summed E-state index contributed by atoms with van der Waals surface area (Å²) >= 11 is 6.92. The molecule has 0 bridgehead atoms. The molecule has 1 atom stereocenters. The summed E-state index contributed by atoms with van der Waals surface area (Å²) in [4.78, 5) is 40.2. The van der Waals surface area contributed by atoms with E-state index in [1.807, 2.05) is 0 Å². The van der Waals surface area contributed by atoms with Crippen molar-refractivity contribution >= 4 is 40.7 Å². The first-order valence-corrected chi connectivity index (χ1v) is 13.6. The van der Waals surface area contributed by atoms with Gasteiger partial charge in [0.05, 0.1) is 43.8 Å². The second-order valence-corrected chi connectivity index (χ2v) is 11.1. The highest BCUT2D eigenvalue weighted by Gasteiger charge is 2.41. The van der Waals surface area contributed by atoms with Gasteiger partial charge in [0.15, 0.2) is 0 Å². The van der Waals surface area contributed by atoms with E-state index in [0.717, 1.165) is 4.90 Å². The van der Waals surface area contributed by atoms with Crippen LogP contribution in [0.3, 0.4) is 0 Å². The Bertz CT molecular complexity index is 1650. The van der Waals surface area contributed by atoms with Crippen molar-refractivity contribution in [1.82, 2.24) is 20.0 Å². The number of aromatic nitrogens is 2. The van der Waals surface area contributed by atoms with Crippen LogP contribution in [-0.4, -0.2) is 45.0 Å². The Kier molecular flexibility index (Phi) is 6.50. The second-order valence-electron chi connectivity index (χ2n) is 9.64. The summed E-state index contributed by atoms with van der Waals surface area (Å²) < 4.78 is 45.4. The summed E-state index contributed by atoms with van der Waals surface area (Å²) in [6, 6.07) is 12.6. The molecule has 1 N–H and O–H groups in total. The molecule has 2 aromatic carbocycles. The Morgan fingerprint density at radius 3 is 2.50 bits per heavy atom. The topological polar surface area (TPSA) is 84.3 Å². The molecule has 0 spiro atoms. The van der Waals surface area contributed by atoms with Gasteiger partial charge in [0, 0.05) is 25.1 Å².